The maximum atomic E-state index is 12.7. The first-order chi connectivity index (χ1) is 13.7. The maximum absolute atomic E-state index is 12.7. The Bertz CT molecular complexity index is 1100. The predicted molar refractivity (Wildman–Crippen MR) is 111 cm³/mol. The highest BCUT2D eigenvalue weighted by molar-refractivity contribution is 8.00. The number of aromatic nitrogens is 3. The van der Waals surface area contributed by atoms with Gasteiger partial charge in [-0.1, -0.05) is 49.0 Å². The van der Waals surface area contributed by atoms with Crippen LogP contribution in [0.3, 0.4) is 0 Å². The number of carbonyl (C=O) groups excluding carboxylic acids is 1. The van der Waals surface area contributed by atoms with Crippen molar-refractivity contribution in [3.63, 3.8) is 0 Å². The Kier molecular flexibility index (Phi) is 5.34. The molecule has 1 N–H and O–H groups in total. The molecule has 144 valence electrons. The number of aryl methyl sites for hydroxylation is 1. The van der Waals surface area contributed by atoms with Crippen LogP contribution in [0.5, 0.6) is 0 Å². The van der Waals surface area contributed by atoms with Crippen LogP contribution in [0.1, 0.15) is 24.7 Å². The summed E-state index contributed by atoms with van der Waals surface area (Å²) in [6.45, 7) is 4.55. The molecule has 4 rings (SSSR count). The number of thioether (sulfide) groups is 1. The third-order valence-electron chi connectivity index (χ3n) is 4.66. The number of rotatable bonds is 7. The zero-order chi connectivity index (χ0) is 19.5. The highest BCUT2D eigenvalue weighted by Crippen LogP contribution is 2.31. The summed E-state index contributed by atoms with van der Waals surface area (Å²) in [5, 5.41) is 11.9. The van der Waals surface area contributed by atoms with Gasteiger partial charge < -0.3 is 9.73 Å². The van der Waals surface area contributed by atoms with Crippen molar-refractivity contribution in [3.8, 4) is 0 Å². The minimum absolute atomic E-state index is 0.0262. The summed E-state index contributed by atoms with van der Waals surface area (Å²) < 4.78 is 7.68. The molecule has 4 aromatic rings. The third-order valence-corrected chi connectivity index (χ3v) is 6.00. The fourth-order valence-electron chi connectivity index (χ4n) is 3.23. The van der Waals surface area contributed by atoms with Gasteiger partial charge in [0.05, 0.1) is 16.3 Å². The van der Waals surface area contributed by atoms with Crippen LogP contribution in [0.15, 0.2) is 58.2 Å². The van der Waals surface area contributed by atoms with Crippen LogP contribution in [-0.4, -0.2) is 32.3 Å². The van der Waals surface area contributed by atoms with E-state index < -0.39 is 0 Å². The lowest BCUT2D eigenvalue weighted by Crippen LogP contribution is -2.33. The van der Waals surface area contributed by atoms with Crippen LogP contribution in [0.25, 0.3) is 16.6 Å². The fraction of sp³-hybridized carbons (Fsp3) is 0.286. The van der Waals surface area contributed by atoms with Crippen molar-refractivity contribution < 1.29 is 9.21 Å². The van der Waals surface area contributed by atoms with E-state index in [9.17, 15) is 4.79 Å². The average molecular weight is 395 g/mol. The topological polar surface area (TPSA) is 72.4 Å². The van der Waals surface area contributed by atoms with Crippen LogP contribution < -0.4 is 5.32 Å². The molecule has 28 heavy (non-hydrogen) atoms. The largest absolute Gasteiger partial charge is 0.460 e. The van der Waals surface area contributed by atoms with Gasteiger partial charge in [0.2, 0.25) is 5.91 Å². The SMILES string of the molecule is CC[C@@H](Sc1nncn2c1cc1oc(C)cc12)C(=O)NCCc1ccccc1. The van der Waals surface area contributed by atoms with Crippen LogP contribution in [0.2, 0.25) is 0 Å². The van der Waals surface area contributed by atoms with E-state index in [0.717, 1.165) is 33.8 Å². The van der Waals surface area contributed by atoms with Gasteiger partial charge in [0, 0.05) is 18.7 Å². The lowest BCUT2D eigenvalue weighted by molar-refractivity contribution is -0.120. The van der Waals surface area contributed by atoms with Crippen LogP contribution in [0, 0.1) is 6.92 Å². The molecular formula is C21H22N4O2S. The van der Waals surface area contributed by atoms with Gasteiger partial charge in [0.25, 0.3) is 0 Å². The number of nitrogens with zero attached hydrogens (tertiary/aromatic N) is 3. The van der Waals surface area contributed by atoms with E-state index in [2.05, 4.69) is 27.6 Å². The van der Waals surface area contributed by atoms with Gasteiger partial charge in [-0.05, 0) is 25.3 Å². The number of fused-ring (bicyclic) bond motifs is 3. The summed E-state index contributed by atoms with van der Waals surface area (Å²) in [7, 11) is 0. The Morgan fingerprint density at radius 2 is 2.07 bits per heavy atom. The summed E-state index contributed by atoms with van der Waals surface area (Å²) in [6, 6.07) is 14.1. The molecule has 0 aliphatic carbocycles. The van der Waals surface area contributed by atoms with Crippen molar-refractivity contribution in [2.45, 2.75) is 37.0 Å². The maximum Gasteiger partial charge on any atom is 0.233 e. The van der Waals surface area contributed by atoms with Crippen LogP contribution in [-0.2, 0) is 11.2 Å². The van der Waals surface area contributed by atoms with Crippen molar-refractivity contribution in [2.24, 2.45) is 0 Å². The van der Waals surface area contributed by atoms with Gasteiger partial charge in [0.1, 0.15) is 17.1 Å². The monoisotopic (exact) mass is 394 g/mol. The molecule has 0 saturated carbocycles. The molecule has 0 spiro atoms. The zero-order valence-corrected chi connectivity index (χ0v) is 16.7. The quantitative estimate of drug-likeness (QED) is 0.480. The Hall–Kier alpha value is -2.80. The van der Waals surface area contributed by atoms with Crippen molar-refractivity contribution >= 4 is 34.3 Å². The van der Waals surface area contributed by atoms with Crippen molar-refractivity contribution in [2.75, 3.05) is 6.54 Å². The minimum atomic E-state index is -0.223. The molecule has 7 heteroatoms. The standard InChI is InChI=1S/C21H22N4O2S/c1-3-19(20(26)22-10-9-15-7-5-4-6-8-15)28-21-17-12-18-16(11-14(2)27-18)25(17)13-23-24-21/h4-8,11-13,19H,3,9-10H2,1-2H3,(H,22,26)/t19-/m1/s1. The molecule has 0 bridgehead atoms. The summed E-state index contributed by atoms with van der Waals surface area (Å²) >= 11 is 1.45. The Morgan fingerprint density at radius 1 is 1.25 bits per heavy atom. The number of benzene rings is 1. The van der Waals surface area contributed by atoms with Gasteiger partial charge in [-0.15, -0.1) is 10.2 Å². The Labute approximate surface area is 167 Å². The van der Waals surface area contributed by atoms with Crippen molar-refractivity contribution in [3.05, 3.63) is 60.1 Å². The number of hydrogen-bond acceptors (Lipinski definition) is 5. The van der Waals surface area contributed by atoms with Gasteiger partial charge >= 0.3 is 0 Å². The molecule has 0 aliphatic rings. The molecule has 0 saturated heterocycles. The number of carbonyl (C=O) groups is 1. The lowest BCUT2D eigenvalue weighted by Gasteiger charge is -2.14. The number of nitrogens with one attached hydrogen (secondary N) is 1. The predicted octanol–water partition coefficient (Wildman–Crippen LogP) is 4.01. The second kappa shape index (κ2) is 8.06. The smallest absolute Gasteiger partial charge is 0.233 e. The third kappa shape index (κ3) is 3.75. The van der Waals surface area contributed by atoms with Crippen molar-refractivity contribution in [1.82, 2.24) is 19.9 Å². The Morgan fingerprint density at radius 3 is 2.86 bits per heavy atom. The first kappa shape index (κ1) is 18.6. The average Bonchev–Trinajstić information content (AvgIpc) is 3.23. The van der Waals surface area contributed by atoms with Crippen LogP contribution in [0.4, 0.5) is 0 Å². The molecule has 3 aromatic heterocycles. The Balaban J connectivity index is 1.47. The van der Waals surface area contributed by atoms with E-state index in [4.69, 9.17) is 4.42 Å². The number of furan rings is 1. The molecule has 1 atom stereocenters. The van der Waals surface area contributed by atoms with Gasteiger partial charge in [-0.2, -0.15) is 0 Å². The molecule has 0 aliphatic heterocycles. The normalized spacial score (nSPS) is 12.5. The zero-order valence-electron chi connectivity index (χ0n) is 15.9. The van der Waals surface area contributed by atoms with E-state index >= 15 is 0 Å². The van der Waals surface area contributed by atoms with Crippen LogP contribution >= 0.6 is 11.8 Å². The van der Waals surface area contributed by atoms with Crippen molar-refractivity contribution in [1.29, 1.82) is 0 Å². The van der Waals surface area contributed by atoms with E-state index in [1.165, 1.54) is 17.3 Å². The minimum Gasteiger partial charge on any atom is -0.460 e. The molecule has 0 fully saturated rings. The lowest BCUT2D eigenvalue weighted by atomic mass is 10.1. The molecular weight excluding hydrogens is 372 g/mol. The highest BCUT2D eigenvalue weighted by Gasteiger charge is 2.21. The first-order valence-corrected chi connectivity index (χ1v) is 10.2. The molecule has 0 radical (unpaired) electrons. The fourth-order valence-corrected chi connectivity index (χ4v) is 4.23. The molecule has 3 heterocycles. The first-order valence-electron chi connectivity index (χ1n) is 9.37. The van der Waals surface area contributed by atoms with Gasteiger partial charge in [0.15, 0.2) is 5.58 Å². The molecule has 6 nitrogen and oxygen atoms in total. The summed E-state index contributed by atoms with van der Waals surface area (Å²) in [6.07, 6.45) is 3.20. The highest BCUT2D eigenvalue weighted by atomic mass is 32.2. The molecule has 0 unspecified atom stereocenters. The van der Waals surface area contributed by atoms with E-state index in [0.29, 0.717) is 13.0 Å². The summed E-state index contributed by atoms with van der Waals surface area (Å²) in [5.41, 5.74) is 3.88. The van der Waals surface area contributed by atoms with E-state index in [1.807, 2.05) is 48.6 Å². The number of amides is 1. The summed E-state index contributed by atoms with van der Waals surface area (Å²) in [4.78, 5) is 12.7. The molecule has 1 aromatic carbocycles. The molecule has 1 amide bonds. The van der Waals surface area contributed by atoms with E-state index in [-0.39, 0.29) is 11.2 Å². The van der Waals surface area contributed by atoms with Gasteiger partial charge in [-0.25, -0.2) is 0 Å². The summed E-state index contributed by atoms with van der Waals surface area (Å²) in [5.74, 6) is 0.882. The number of hydrogen-bond donors (Lipinski definition) is 1. The second-order valence-corrected chi connectivity index (χ2v) is 7.88. The second-order valence-electron chi connectivity index (χ2n) is 6.68. The van der Waals surface area contributed by atoms with E-state index in [1.54, 1.807) is 6.33 Å². The van der Waals surface area contributed by atoms with Gasteiger partial charge in [-0.3, -0.25) is 9.20 Å².